The summed E-state index contributed by atoms with van der Waals surface area (Å²) in [5, 5.41) is 17.0. The number of hydrogen-bond acceptors (Lipinski definition) is 4. The van der Waals surface area contributed by atoms with Crippen molar-refractivity contribution >= 4 is 40.7 Å². The molecule has 1 amide bonds. The highest BCUT2D eigenvalue weighted by molar-refractivity contribution is 6.42. The fourth-order valence-electron chi connectivity index (χ4n) is 3.40. The molecule has 0 aliphatic rings. The summed E-state index contributed by atoms with van der Waals surface area (Å²) in [6, 6.07) is 10.1. The van der Waals surface area contributed by atoms with Crippen molar-refractivity contribution in [3.05, 3.63) is 73.6 Å². The first kappa shape index (κ1) is 27.1. The van der Waals surface area contributed by atoms with E-state index in [1.807, 2.05) is 0 Å². The molecule has 1 unspecified atom stereocenters. The zero-order valence-corrected chi connectivity index (χ0v) is 20.3. The SMILES string of the molecule is O=C(Cn1nc(-c2ccc(Cl)cc2)n(CCC(F)(F)F)c1=O)NC(CCO)c1cccc(Cl)c1Cl. The monoisotopic (exact) mass is 550 g/mol. The number of aliphatic hydroxyl groups excluding tert-OH is 1. The van der Waals surface area contributed by atoms with E-state index in [1.165, 1.54) is 24.3 Å². The fourth-order valence-corrected chi connectivity index (χ4v) is 3.96. The molecular formula is C22H20Cl3F3N4O3. The Bertz CT molecular complexity index is 1240. The molecule has 0 aliphatic carbocycles. The first-order valence-corrected chi connectivity index (χ1v) is 11.5. The van der Waals surface area contributed by atoms with Crippen molar-refractivity contribution < 1.29 is 23.1 Å². The number of halogens is 6. The number of rotatable bonds is 9. The molecule has 3 rings (SSSR count). The van der Waals surface area contributed by atoms with E-state index in [2.05, 4.69) is 10.4 Å². The second kappa shape index (κ2) is 11.5. The van der Waals surface area contributed by atoms with Gasteiger partial charge in [-0.3, -0.25) is 9.36 Å². The summed E-state index contributed by atoms with van der Waals surface area (Å²) in [5.41, 5.74) is -0.0583. The molecule has 2 aromatic carbocycles. The molecule has 7 nitrogen and oxygen atoms in total. The van der Waals surface area contributed by atoms with E-state index in [-0.39, 0.29) is 28.9 Å². The molecule has 1 atom stereocenters. The lowest BCUT2D eigenvalue weighted by Gasteiger charge is -2.20. The van der Waals surface area contributed by atoms with E-state index in [1.54, 1.807) is 18.2 Å². The molecule has 0 radical (unpaired) electrons. The van der Waals surface area contributed by atoms with Crippen LogP contribution in [-0.4, -0.2) is 38.1 Å². The standard InChI is InChI=1S/C22H20Cl3F3N4O3/c23-14-6-4-13(5-7-14)20-30-32(21(35)31(20)10-9-22(26,27)28)12-18(34)29-17(8-11-33)15-2-1-3-16(24)19(15)25/h1-7,17,33H,8-12H2,(H,29,34). The van der Waals surface area contributed by atoms with Gasteiger partial charge in [0.1, 0.15) is 6.54 Å². The maximum Gasteiger partial charge on any atom is 0.390 e. The Kier molecular flexibility index (Phi) is 8.87. The molecule has 35 heavy (non-hydrogen) atoms. The number of carbonyl (C=O) groups excluding carboxylic acids is 1. The third-order valence-corrected chi connectivity index (χ3v) is 6.13. The van der Waals surface area contributed by atoms with E-state index in [0.717, 1.165) is 9.25 Å². The lowest BCUT2D eigenvalue weighted by atomic mass is 10.0. The van der Waals surface area contributed by atoms with Crippen molar-refractivity contribution in [3.63, 3.8) is 0 Å². The predicted octanol–water partition coefficient (Wildman–Crippen LogP) is 4.86. The highest BCUT2D eigenvalue weighted by Gasteiger charge is 2.29. The van der Waals surface area contributed by atoms with Crippen molar-refractivity contribution in [2.45, 2.75) is 38.1 Å². The number of nitrogens with zero attached hydrogens (tertiary/aromatic N) is 3. The van der Waals surface area contributed by atoms with Crippen LogP contribution >= 0.6 is 34.8 Å². The molecule has 1 aromatic heterocycles. The van der Waals surface area contributed by atoms with E-state index >= 15 is 0 Å². The second-order valence-electron chi connectivity index (χ2n) is 7.56. The topological polar surface area (TPSA) is 89.2 Å². The predicted molar refractivity (Wildman–Crippen MR) is 127 cm³/mol. The van der Waals surface area contributed by atoms with Crippen LogP contribution in [0.1, 0.15) is 24.4 Å². The Labute approximate surface area is 213 Å². The summed E-state index contributed by atoms with van der Waals surface area (Å²) in [6.07, 6.45) is -5.64. The van der Waals surface area contributed by atoms with Gasteiger partial charge in [0.2, 0.25) is 5.91 Å². The number of carbonyl (C=O) groups is 1. The van der Waals surface area contributed by atoms with Crippen LogP contribution in [0.3, 0.4) is 0 Å². The highest BCUT2D eigenvalue weighted by Crippen LogP contribution is 2.31. The number of amides is 1. The number of aliphatic hydroxyl groups is 1. The summed E-state index contributed by atoms with van der Waals surface area (Å²) in [4.78, 5) is 25.6. The molecule has 1 heterocycles. The van der Waals surface area contributed by atoms with Gasteiger partial charge >= 0.3 is 11.9 Å². The third kappa shape index (κ3) is 7.00. The van der Waals surface area contributed by atoms with Crippen LogP contribution in [0, 0.1) is 0 Å². The number of hydrogen-bond donors (Lipinski definition) is 2. The van der Waals surface area contributed by atoms with Gasteiger partial charge in [0.25, 0.3) is 0 Å². The largest absolute Gasteiger partial charge is 0.396 e. The summed E-state index contributed by atoms with van der Waals surface area (Å²) in [6.45, 7) is -1.52. The Hall–Kier alpha value is -2.53. The molecule has 0 spiro atoms. The molecule has 2 N–H and O–H groups in total. The highest BCUT2D eigenvalue weighted by atomic mass is 35.5. The van der Waals surface area contributed by atoms with Crippen molar-refractivity contribution in [1.82, 2.24) is 19.7 Å². The van der Waals surface area contributed by atoms with Crippen molar-refractivity contribution in [2.24, 2.45) is 0 Å². The molecular weight excluding hydrogens is 532 g/mol. The summed E-state index contributed by atoms with van der Waals surface area (Å²) in [5.74, 6) is -0.696. The molecule has 0 saturated heterocycles. The van der Waals surface area contributed by atoms with Gasteiger partial charge in [0.05, 0.1) is 22.5 Å². The van der Waals surface area contributed by atoms with Crippen LogP contribution in [0.4, 0.5) is 13.2 Å². The van der Waals surface area contributed by atoms with Crippen LogP contribution < -0.4 is 11.0 Å². The van der Waals surface area contributed by atoms with Gasteiger partial charge in [-0.2, -0.15) is 13.2 Å². The van der Waals surface area contributed by atoms with E-state index < -0.39 is 43.3 Å². The number of benzene rings is 2. The van der Waals surface area contributed by atoms with Crippen molar-refractivity contribution in [2.75, 3.05) is 6.61 Å². The first-order valence-electron chi connectivity index (χ1n) is 10.3. The van der Waals surface area contributed by atoms with Crippen molar-refractivity contribution in [3.8, 4) is 11.4 Å². The van der Waals surface area contributed by atoms with Gasteiger partial charge in [-0.15, -0.1) is 5.10 Å². The molecule has 188 valence electrons. The minimum atomic E-state index is -4.50. The molecule has 0 fully saturated rings. The normalized spacial score (nSPS) is 12.5. The van der Waals surface area contributed by atoms with Gasteiger partial charge in [-0.1, -0.05) is 46.9 Å². The lowest BCUT2D eigenvalue weighted by Crippen LogP contribution is -2.36. The molecule has 0 saturated carbocycles. The average Bonchev–Trinajstić information content (AvgIpc) is 3.09. The van der Waals surface area contributed by atoms with Gasteiger partial charge in [-0.25, -0.2) is 9.48 Å². The average molecular weight is 552 g/mol. The summed E-state index contributed by atoms with van der Waals surface area (Å²) in [7, 11) is 0. The fraction of sp³-hybridized carbons (Fsp3) is 0.318. The van der Waals surface area contributed by atoms with Gasteiger partial charge in [-0.05, 0) is 42.3 Å². The molecule has 13 heteroatoms. The van der Waals surface area contributed by atoms with Gasteiger partial charge in [0.15, 0.2) is 5.82 Å². The maximum absolute atomic E-state index is 12.9. The van der Waals surface area contributed by atoms with Gasteiger partial charge < -0.3 is 10.4 Å². The van der Waals surface area contributed by atoms with E-state index in [0.29, 0.717) is 16.1 Å². The Morgan fingerprint density at radius 1 is 1.11 bits per heavy atom. The third-order valence-electron chi connectivity index (χ3n) is 5.05. The van der Waals surface area contributed by atoms with Crippen LogP contribution in [-0.2, 0) is 17.9 Å². The van der Waals surface area contributed by atoms with Crippen LogP contribution in [0.25, 0.3) is 11.4 Å². The Balaban J connectivity index is 1.89. The van der Waals surface area contributed by atoms with Crippen LogP contribution in [0.5, 0.6) is 0 Å². The summed E-state index contributed by atoms with van der Waals surface area (Å²) >= 11 is 18.2. The lowest BCUT2D eigenvalue weighted by molar-refractivity contribution is -0.136. The number of alkyl halides is 3. The quantitative estimate of drug-likeness (QED) is 0.397. The first-order chi connectivity index (χ1) is 16.5. The second-order valence-corrected chi connectivity index (χ2v) is 8.78. The van der Waals surface area contributed by atoms with Crippen molar-refractivity contribution in [1.29, 1.82) is 0 Å². The smallest absolute Gasteiger partial charge is 0.390 e. The number of nitrogens with one attached hydrogen (secondary N) is 1. The zero-order chi connectivity index (χ0) is 25.8. The zero-order valence-electron chi connectivity index (χ0n) is 18.0. The summed E-state index contributed by atoms with van der Waals surface area (Å²) < 4.78 is 40.2. The Morgan fingerprint density at radius 3 is 2.43 bits per heavy atom. The Morgan fingerprint density at radius 2 is 1.80 bits per heavy atom. The number of aromatic nitrogens is 3. The van der Waals surface area contributed by atoms with Crippen LogP contribution in [0.2, 0.25) is 15.1 Å². The molecule has 0 bridgehead atoms. The van der Waals surface area contributed by atoms with Crippen LogP contribution in [0.15, 0.2) is 47.3 Å². The maximum atomic E-state index is 12.9. The van der Waals surface area contributed by atoms with E-state index in [9.17, 15) is 27.9 Å². The van der Waals surface area contributed by atoms with E-state index in [4.69, 9.17) is 34.8 Å². The minimum absolute atomic E-state index is 0.0338. The van der Waals surface area contributed by atoms with Gasteiger partial charge in [0, 0.05) is 23.7 Å². The molecule has 3 aromatic rings. The molecule has 0 aliphatic heterocycles. The minimum Gasteiger partial charge on any atom is -0.396 e.